The molecule has 1 amide bonds. The molecule has 7 nitrogen and oxygen atoms in total. The zero-order chi connectivity index (χ0) is 20.0. The predicted molar refractivity (Wildman–Crippen MR) is 95.0 cm³/mol. The highest BCUT2D eigenvalue weighted by Gasteiger charge is 2.23. The van der Waals surface area contributed by atoms with Gasteiger partial charge in [0.2, 0.25) is 0 Å². The fraction of sp³-hybridized carbons (Fsp3) is 0.263. The number of carboxylic acids is 1. The van der Waals surface area contributed by atoms with Crippen LogP contribution in [-0.2, 0) is 4.79 Å². The van der Waals surface area contributed by atoms with Gasteiger partial charge in [-0.05, 0) is 30.3 Å². The average Bonchev–Trinajstić information content (AvgIpc) is 2.66. The smallest absolute Gasteiger partial charge is 0.305 e. The van der Waals surface area contributed by atoms with E-state index in [-0.39, 0.29) is 17.7 Å². The van der Waals surface area contributed by atoms with Crippen molar-refractivity contribution in [3.8, 4) is 17.2 Å². The van der Waals surface area contributed by atoms with Gasteiger partial charge in [-0.25, -0.2) is 4.39 Å². The first-order valence-corrected chi connectivity index (χ1v) is 7.97. The second kappa shape index (κ2) is 8.88. The summed E-state index contributed by atoms with van der Waals surface area (Å²) in [6, 6.07) is 7.68. The van der Waals surface area contributed by atoms with Crippen LogP contribution in [0.5, 0.6) is 17.2 Å². The zero-order valence-corrected chi connectivity index (χ0v) is 15.1. The molecule has 0 radical (unpaired) electrons. The Bertz CT molecular complexity index is 839. The Balaban J connectivity index is 2.33. The number of carbonyl (C=O) groups is 2. The molecule has 2 N–H and O–H groups in total. The Kier molecular flexibility index (Phi) is 6.59. The first-order valence-electron chi connectivity index (χ1n) is 7.97. The summed E-state index contributed by atoms with van der Waals surface area (Å²) < 4.78 is 29.1. The van der Waals surface area contributed by atoms with Crippen LogP contribution in [0.2, 0.25) is 0 Å². The highest BCUT2D eigenvalue weighted by molar-refractivity contribution is 5.95. The molecule has 0 spiro atoms. The second-order valence-corrected chi connectivity index (χ2v) is 5.58. The van der Waals surface area contributed by atoms with Crippen LogP contribution in [0, 0.1) is 5.82 Å². The van der Waals surface area contributed by atoms with Crippen LogP contribution in [0.4, 0.5) is 4.39 Å². The normalized spacial score (nSPS) is 11.4. The Morgan fingerprint density at radius 1 is 1.04 bits per heavy atom. The molecule has 27 heavy (non-hydrogen) atoms. The minimum atomic E-state index is -1.11. The molecule has 0 heterocycles. The van der Waals surface area contributed by atoms with Crippen LogP contribution in [0.1, 0.15) is 28.4 Å². The highest BCUT2D eigenvalue weighted by Crippen LogP contribution is 2.31. The molecule has 2 rings (SSSR count). The second-order valence-electron chi connectivity index (χ2n) is 5.58. The number of rotatable bonds is 8. The van der Waals surface area contributed by atoms with Crippen molar-refractivity contribution >= 4 is 11.9 Å². The molecule has 2 aromatic carbocycles. The third kappa shape index (κ3) is 4.87. The number of hydrogen-bond acceptors (Lipinski definition) is 5. The average molecular weight is 377 g/mol. The minimum Gasteiger partial charge on any atom is -0.497 e. The van der Waals surface area contributed by atoms with Crippen LogP contribution in [0.25, 0.3) is 0 Å². The summed E-state index contributed by atoms with van der Waals surface area (Å²) in [6.45, 7) is 0. The maximum absolute atomic E-state index is 13.9. The molecule has 8 heteroatoms. The summed E-state index contributed by atoms with van der Waals surface area (Å²) in [6.07, 6.45) is -0.382. The van der Waals surface area contributed by atoms with Crippen molar-refractivity contribution in [3.63, 3.8) is 0 Å². The summed E-state index contributed by atoms with van der Waals surface area (Å²) in [7, 11) is 4.23. The van der Waals surface area contributed by atoms with Crippen molar-refractivity contribution in [1.29, 1.82) is 0 Å². The van der Waals surface area contributed by atoms with Gasteiger partial charge in [-0.15, -0.1) is 0 Å². The minimum absolute atomic E-state index is 0.00506. The van der Waals surface area contributed by atoms with Gasteiger partial charge < -0.3 is 24.6 Å². The maximum atomic E-state index is 13.9. The molecule has 1 unspecified atom stereocenters. The molecule has 0 aromatic heterocycles. The van der Waals surface area contributed by atoms with Crippen molar-refractivity contribution in [1.82, 2.24) is 5.32 Å². The van der Waals surface area contributed by atoms with Gasteiger partial charge in [-0.2, -0.15) is 0 Å². The van der Waals surface area contributed by atoms with Crippen LogP contribution >= 0.6 is 0 Å². The van der Waals surface area contributed by atoms with E-state index in [2.05, 4.69) is 5.32 Å². The summed E-state index contributed by atoms with van der Waals surface area (Å²) >= 11 is 0. The number of methoxy groups -OCH3 is 3. The van der Waals surface area contributed by atoms with Gasteiger partial charge in [-0.3, -0.25) is 9.59 Å². The van der Waals surface area contributed by atoms with E-state index in [1.807, 2.05) is 0 Å². The lowest BCUT2D eigenvalue weighted by atomic mass is 10.0. The van der Waals surface area contributed by atoms with Gasteiger partial charge in [0.25, 0.3) is 5.91 Å². The first-order chi connectivity index (χ1) is 12.9. The van der Waals surface area contributed by atoms with Crippen molar-refractivity contribution in [2.75, 3.05) is 21.3 Å². The Hall–Kier alpha value is -3.29. The number of aliphatic carboxylic acids is 1. The number of halogens is 1. The number of amides is 1. The standard InChI is InChI=1S/C19H20FNO6/c1-25-12-5-6-13(17(9-12)27-3)15(10-18(22)23)21-19(24)11-4-7-16(26-2)14(20)8-11/h4-9,15H,10H2,1-3H3,(H,21,24)(H,22,23). The molecule has 0 aliphatic heterocycles. The van der Waals surface area contributed by atoms with E-state index >= 15 is 0 Å². The Labute approximate surface area is 155 Å². The molecule has 0 aliphatic carbocycles. The summed E-state index contributed by atoms with van der Waals surface area (Å²) in [4.78, 5) is 23.8. The molecule has 0 saturated carbocycles. The highest BCUT2D eigenvalue weighted by atomic mass is 19.1. The molecule has 0 saturated heterocycles. The number of nitrogens with one attached hydrogen (secondary N) is 1. The molecule has 0 fully saturated rings. The fourth-order valence-electron chi connectivity index (χ4n) is 2.57. The Morgan fingerprint density at radius 3 is 2.30 bits per heavy atom. The van der Waals surface area contributed by atoms with Crippen molar-refractivity contribution in [2.45, 2.75) is 12.5 Å². The molecule has 144 valence electrons. The van der Waals surface area contributed by atoms with Gasteiger partial charge in [0.1, 0.15) is 11.5 Å². The van der Waals surface area contributed by atoms with Gasteiger partial charge in [0.05, 0.1) is 33.8 Å². The lowest BCUT2D eigenvalue weighted by Crippen LogP contribution is -2.30. The fourth-order valence-corrected chi connectivity index (χ4v) is 2.57. The van der Waals surface area contributed by atoms with E-state index < -0.39 is 23.7 Å². The summed E-state index contributed by atoms with van der Waals surface area (Å²) in [5.74, 6) is -1.54. The van der Waals surface area contributed by atoms with Gasteiger partial charge in [0.15, 0.2) is 11.6 Å². The van der Waals surface area contributed by atoms with E-state index in [1.54, 1.807) is 18.2 Å². The quantitative estimate of drug-likeness (QED) is 0.735. The number of carbonyl (C=O) groups excluding carboxylic acids is 1. The first kappa shape index (κ1) is 20.0. The lowest BCUT2D eigenvalue weighted by molar-refractivity contribution is -0.137. The number of carboxylic acid groups (broad SMARTS) is 1. The van der Waals surface area contributed by atoms with Crippen molar-refractivity contribution in [2.24, 2.45) is 0 Å². The number of benzene rings is 2. The van der Waals surface area contributed by atoms with E-state index in [9.17, 15) is 19.1 Å². The van der Waals surface area contributed by atoms with E-state index in [1.165, 1.54) is 33.5 Å². The Morgan fingerprint density at radius 2 is 1.74 bits per heavy atom. The predicted octanol–water partition coefficient (Wildman–Crippen LogP) is 2.80. The van der Waals surface area contributed by atoms with E-state index in [0.29, 0.717) is 17.1 Å². The van der Waals surface area contributed by atoms with Gasteiger partial charge in [-0.1, -0.05) is 0 Å². The van der Waals surface area contributed by atoms with E-state index in [0.717, 1.165) is 6.07 Å². The molecule has 0 aliphatic rings. The topological polar surface area (TPSA) is 94.1 Å². The van der Waals surface area contributed by atoms with Gasteiger partial charge in [0, 0.05) is 17.2 Å². The SMILES string of the molecule is COc1ccc(C(CC(=O)O)NC(=O)c2ccc(OC)c(F)c2)c(OC)c1. The van der Waals surface area contributed by atoms with Crippen molar-refractivity contribution in [3.05, 3.63) is 53.3 Å². The van der Waals surface area contributed by atoms with E-state index in [4.69, 9.17) is 14.2 Å². The van der Waals surface area contributed by atoms with Crippen LogP contribution < -0.4 is 19.5 Å². The van der Waals surface area contributed by atoms with Crippen molar-refractivity contribution < 1.29 is 33.3 Å². The monoisotopic (exact) mass is 377 g/mol. The molecular weight excluding hydrogens is 357 g/mol. The van der Waals surface area contributed by atoms with Crippen LogP contribution in [0.3, 0.4) is 0 Å². The van der Waals surface area contributed by atoms with Crippen LogP contribution in [-0.4, -0.2) is 38.3 Å². The summed E-state index contributed by atoms with van der Waals surface area (Å²) in [5, 5.41) is 11.8. The third-order valence-electron chi connectivity index (χ3n) is 3.91. The number of hydrogen-bond donors (Lipinski definition) is 2. The summed E-state index contributed by atoms with van der Waals surface area (Å²) in [5.41, 5.74) is 0.499. The lowest BCUT2D eigenvalue weighted by Gasteiger charge is -2.20. The largest absolute Gasteiger partial charge is 0.497 e. The molecular formula is C19H20FNO6. The molecule has 2 aromatic rings. The molecule has 1 atom stereocenters. The van der Waals surface area contributed by atoms with Gasteiger partial charge >= 0.3 is 5.97 Å². The maximum Gasteiger partial charge on any atom is 0.305 e. The third-order valence-corrected chi connectivity index (χ3v) is 3.91. The number of ether oxygens (including phenoxy) is 3. The van der Waals surface area contributed by atoms with Crippen LogP contribution in [0.15, 0.2) is 36.4 Å². The molecule has 0 bridgehead atoms. The zero-order valence-electron chi connectivity index (χ0n) is 15.1.